The summed E-state index contributed by atoms with van der Waals surface area (Å²) in [5.41, 5.74) is 0.821. The van der Waals surface area contributed by atoms with Crippen molar-refractivity contribution in [2.24, 2.45) is 0 Å². The molecule has 2 heterocycles. The Bertz CT molecular complexity index is 511. The van der Waals surface area contributed by atoms with E-state index < -0.39 is 5.97 Å². The molecule has 0 fully saturated rings. The van der Waals surface area contributed by atoms with E-state index >= 15 is 0 Å². The fourth-order valence-corrected chi connectivity index (χ4v) is 2.22. The summed E-state index contributed by atoms with van der Waals surface area (Å²) in [6, 6.07) is 7.44. The number of aromatic nitrogens is 2. The first-order valence-electron chi connectivity index (χ1n) is 5.51. The van der Waals surface area contributed by atoms with Crippen molar-refractivity contribution in [1.82, 2.24) is 10.2 Å². The normalized spacial score (nSPS) is 12.1. The summed E-state index contributed by atoms with van der Waals surface area (Å²) in [5.74, 6) is -0.248. The smallest absolute Gasteiger partial charge is 0.305 e. The van der Waals surface area contributed by atoms with Crippen molar-refractivity contribution in [2.45, 2.75) is 19.4 Å². The van der Waals surface area contributed by atoms with E-state index in [0.717, 1.165) is 10.6 Å². The predicted octanol–water partition coefficient (Wildman–Crippen LogP) is 2.48. The maximum atomic E-state index is 10.5. The van der Waals surface area contributed by atoms with Crippen LogP contribution in [0.3, 0.4) is 0 Å². The van der Waals surface area contributed by atoms with E-state index in [0.29, 0.717) is 5.82 Å². The molecule has 0 spiro atoms. The number of aliphatic carboxylic acids is 1. The van der Waals surface area contributed by atoms with Gasteiger partial charge < -0.3 is 10.4 Å². The number of hydrogen-bond donors (Lipinski definition) is 2. The molecular formula is C12H13N3O2S. The van der Waals surface area contributed by atoms with Crippen LogP contribution >= 0.6 is 11.3 Å². The average molecular weight is 263 g/mol. The van der Waals surface area contributed by atoms with Crippen LogP contribution in [0.1, 0.15) is 13.3 Å². The summed E-state index contributed by atoms with van der Waals surface area (Å²) in [6.45, 7) is 1.79. The van der Waals surface area contributed by atoms with Crippen molar-refractivity contribution >= 4 is 23.1 Å². The average Bonchev–Trinajstić information content (AvgIpc) is 2.82. The summed E-state index contributed by atoms with van der Waals surface area (Å²) >= 11 is 1.60. The maximum absolute atomic E-state index is 10.5. The monoisotopic (exact) mass is 263 g/mol. The van der Waals surface area contributed by atoms with Crippen LogP contribution in [0.5, 0.6) is 0 Å². The Hall–Kier alpha value is -1.95. The molecule has 0 aromatic carbocycles. The molecule has 0 bridgehead atoms. The Morgan fingerprint density at radius 2 is 2.28 bits per heavy atom. The second-order valence-corrected chi connectivity index (χ2v) is 4.87. The lowest BCUT2D eigenvalue weighted by Gasteiger charge is -2.11. The van der Waals surface area contributed by atoms with E-state index in [1.807, 2.05) is 23.6 Å². The quantitative estimate of drug-likeness (QED) is 0.866. The number of thiophene rings is 1. The number of carboxylic acids is 1. The highest BCUT2D eigenvalue weighted by Gasteiger charge is 2.08. The lowest BCUT2D eigenvalue weighted by atomic mass is 10.2. The molecule has 0 radical (unpaired) electrons. The van der Waals surface area contributed by atoms with Crippen LogP contribution in [-0.4, -0.2) is 27.3 Å². The van der Waals surface area contributed by atoms with Crippen LogP contribution in [0.4, 0.5) is 5.82 Å². The van der Waals surface area contributed by atoms with Crippen molar-refractivity contribution in [1.29, 1.82) is 0 Å². The van der Waals surface area contributed by atoms with Crippen LogP contribution in [0.2, 0.25) is 0 Å². The van der Waals surface area contributed by atoms with Gasteiger partial charge in [0.1, 0.15) is 11.5 Å². The first kappa shape index (κ1) is 12.5. The molecule has 0 aliphatic heterocycles. The zero-order valence-electron chi connectivity index (χ0n) is 9.83. The topological polar surface area (TPSA) is 75.1 Å². The largest absolute Gasteiger partial charge is 0.481 e. The van der Waals surface area contributed by atoms with Crippen molar-refractivity contribution in [3.8, 4) is 10.6 Å². The zero-order valence-corrected chi connectivity index (χ0v) is 10.6. The first-order chi connectivity index (χ1) is 8.65. The van der Waals surface area contributed by atoms with Gasteiger partial charge in [0.15, 0.2) is 0 Å². The fourth-order valence-electron chi connectivity index (χ4n) is 1.53. The maximum Gasteiger partial charge on any atom is 0.305 e. The minimum atomic E-state index is -0.835. The van der Waals surface area contributed by atoms with E-state index in [-0.39, 0.29) is 12.5 Å². The Labute approximate surface area is 109 Å². The third-order valence-electron chi connectivity index (χ3n) is 2.31. The van der Waals surface area contributed by atoms with E-state index in [9.17, 15) is 4.79 Å². The molecule has 94 valence electrons. The third-order valence-corrected chi connectivity index (χ3v) is 3.21. The number of hydrogen-bond acceptors (Lipinski definition) is 5. The molecule has 18 heavy (non-hydrogen) atoms. The highest BCUT2D eigenvalue weighted by atomic mass is 32.1. The van der Waals surface area contributed by atoms with E-state index in [4.69, 9.17) is 5.11 Å². The molecule has 0 aliphatic rings. The standard InChI is InChI=1S/C12H13N3O2S/c1-8(7-12(16)17)13-11-5-4-9(14-15-11)10-3-2-6-18-10/h2-6,8H,7H2,1H3,(H,13,15)(H,16,17). The molecule has 0 aliphatic carbocycles. The molecular weight excluding hydrogens is 250 g/mol. The van der Waals surface area contributed by atoms with Gasteiger partial charge in [-0.1, -0.05) is 6.07 Å². The summed E-state index contributed by atoms with van der Waals surface area (Å²) < 4.78 is 0. The highest BCUT2D eigenvalue weighted by Crippen LogP contribution is 2.22. The fraction of sp³-hybridized carbons (Fsp3) is 0.250. The second-order valence-electron chi connectivity index (χ2n) is 3.92. The summed E-state index contributed by atoms with van der Waals surface area (Å²) in [7, 11) is 0. The number of anilines is 1. The molecule has 0 amide bonds. The summed E-state index contributed by atoms with van der Waals surface area (Å²) in [4.78, 5) is 11.6. The molecule has 2 rings (SSSR count). The Balaban J connectivity index is 2.02. The van der Waals surface area contributed by atoms with Gasteiger partial charge in [0, 0.05) is 6.04 Å². The van der Waals surface area contributed by atoms with Gasteiger partial charge in [-0.05, 0) is 30.5 Å². The molecule has 6 heteroatoms. The van der Waals surface area contributed by atoms with Crippen LogP contribution in [0.15, 0.2) is 29.6 Å². The van der Waals surface area contributed by atoms with Gasteiger partial charge in [-0.2, -0.15) is 0 Å². The second kappa shape index (κ2) is 5.59. The Kier molecular flexibility index (Phi) is 3.88. The lowest BCUT2D eigenvalue weighted by molar-refractivity contribution is -0.137. The third kappa shape index (κ3) is 3.27. The minimum Gasteiger partial charge on any atom is -0.481 e. The van der Waals surface area contributed by atoms with Crippen molar-refractivity contribution in [3.05, 3.63) is 29.6 Å². The molecule has 0 saturated carbocycles. The first-order valence-corrected chi connectivity index (χ1v) is 6.39. The van der Waals surface area contributed by atoms with E-state index in [1.165, 1.54) is 0 Å². The molecule has 5 nitrogen and oxygen atoms in total. The van der Waals surface area contributed by atoms with Gasteiger partial charge in [-0.25, -0.2) is 0 Å². The number of nitrogens with one attached hydrogen (secondary N) is 1. The van der Waals surface area contributed by atoms with Gasteiger partial charge in [-0.15, -0.1) is 21.5 Å². The van der Waals surface area contributed by atoms with E-state index in [2.05, 4.69) is 15.5 Å². The van der Waals surface area contributed by atoms with Gasteiger partial charge in [0.2, 0.25) is 0 Å². The molecule has 0 saturated heterocycles. The molecule has 2 N–H and O–H groups in total. The van der Waals surface area contributed by atoms with E-state index in [1.54, 1.807) is 24.3 Å². The number of carboxylic acid groups (broad SMARTS) is 1. The minimum absolute atomic E-state index is 0.0500. The van der Waals surface area contributed by atoms with Gasteiger partial charge in [0.05, 0.1) is 11.3 Å². The Morgan fingerprint density at radius 3 is 2.83 bits per heavy atom. The lowest BCUT2D eigenvalue weighted by Crippen LogP contribution is -2.20. The molecule has 2 aromatic rings. The van der Waals surface area contributed by atoms with Crippen LogP contribution in [0.25, 0.3) is 10.6 Å². The van der Waals surface area contributed by atoms with Crippen LogP contribution < -0.4 is 5.32 Å². The number of rotatable bonds is 5. The SMILES string of the molecule is CC(CC(=O)O)Nc1ccc(-c2cccs2)nn1. The number of nitrogens with zero attached hydrogens (tertiary/aromatic N) is 2. The van der Waals surface area contributed by atoms with Gasteiger partial charge in [0.25, 0.3) is 0 Å². The predicted molar refractivity (Wildman–Crippen MR) is 70.7 cm³/mol. The molecule has 1 atom stereocenters. The van der Waals surface area contributed by atoms with Crippen molar-refractivity contribution in [3.63, 3.8) is 0 Å². The molecule has 1 unspecified atom stereocenters. The highest BCUT2D eigenvalue weighted by molar-refractivity contribution is 7.13. The summed E-state index contributed by atoms with van der Waals surface area (Å²) in [5, 5.41) is 21.8. The number of carbonyl (C=O) groups is 1. The summed E-state index contributed by atoms with van der Waals surface area (Å²) in [6.07, 6.45) is 0.0500. The van der Waals surface area contributed by atoms with Crippen LogP contribution in [0, 0.1) is 0 Å². The molecule has 2 aromatic heterocycles. The van der Waals surface area contributed by atoms with Crippen LogP contribution in [-0.2, 0) is 4.79 Å². The zero-order chi connectivity index (χ0) is 13.0. The Morgan fingerprint density at radius 1 is 1.44 bits per heavy atom. The van der Waals surface area contributed by atoms with Crippen molar-refractivity contribution < 1.29 is 9.90 Å². The van der Waals surface area contributed by atoms with Gasteiger partial charge >= 0.3 is 5.97 Å². The van der Waals surface area contributed by atoms with Crippen molar-refractivity contribution in [2.75, 3.05) is 5.32 Å². The van der Waals surface area contributed by atoms with Gasteiger partial charge in [-0.3, -0.25) is 4.79 Å².